The maximum absolute atomic E-state index is 5.76. The van der Waals surface area contributed by atoms with Crippen molar-refractivity contribution in [3.8, 4) is 5.75 Å². The minimum absolute atomic E-state index is 0.750. The number of thiol groups is 1. The van der Waals surface area contributed by atoms with Gasteiger partial charge >= 0.3 is 0 Å². The quantitative estimate of drug-likeness (QED) is 0.404. The van der Waals surface area contributed by atoms with E-state index in [9.17, 15) is 0 Å². The molecule has 0 spiro atoms. The highest BCUT2D eigenvalue weighted by atomic mass is 32.2. The molecule has 3 heterocycles. The van der Waals surface area contributed by atoms with E-state index < -0.39 is 0 Å². The second-order valence-corrected chi connectivity index (χ2v) is 7.27. The Morgan fingerprint density at radius 2 is 2.27 bits per heavy atom. The number of fused-ring (bicyclic) bond motifs is 2. The normalized spacial score (nSPS) is 14.5. The molecule has 3 aromatic rings. The number of pyridine rings is 1. The number of hydrogen-bond acceptors (Lipinski definition) is 5. The molecule has 0 fully saturated rings. The molecule has 1 aliphatic heterocycles. The molecular weight excluding hydrogens is 362 g/mol. The highest BCUT2D eigenvalue weighted by Gasteiger charge is 2.13. The smallest absolute Gasteiger partial charge is 0.139 e. The zero-order valence-electron chi connectivity index (χ0n) is 14.3. The molecule has 6 heteroatoms. The van der Waals surface area contributed by atoms with Crippen LogP contribution in [-0.4, -0.2) is 22.3 Å². The van der Waals surface area contributed by atoms with Crippen molar-refractivity contribution in [1.82, 2.24) is 9.97 Å². The van der Waals surface area contributed by atoms with Crippen LogP contribution in [0.5, 0.6) is 5.75 Å². The Hall–Kier alpha value is -2.31. The Labute approximate surface area is 162 Å². The number of hydrogen-bond donors (Lipinski definition) is 3. The highest BCUT2D eigenvalue weighted by molar-refractivity contribution is 7.99. The predicted molar refractivity (Wildman–Crippen MR) is 114 cm³/mol. The first-order valence-electron chi connectivity index (χ1n) is 8.40. The Morgan fingerprint density at radius 3 is 3.12 bits per heavy atom. The van der Waals surface area contributed by atoms with Crippen LogP contribution in [0.2, 0.25) is 0 Å². The number of thioether (sulfide) groups is 1. The Bertz CT molecular complexity index is 1010. The van der Waals surface area contributed by atoms with Crippen LogP contribution in [0, 0.1) is 0 Å². The van der Waals surface area contributed by atoms with E-state index in [4.69, 9.17) is 4.74 Å². The van der Waals surface area contributed by atoms with E-state index in [1.165, 1.54) is 4.90 Å². The molecule has 4 nitrogen and oxygen atoms in total. The largest absolute Gasteiger partial charge is 0.491 e. The lowest BCUT2D eigenvalue weighted by atomic mass is 10.2. The number of benzene rings is 1. The average molecular weight is 382 g/mol. The summed E-state index contributed by atoms with van der Waals surface area (Å²) in [6.45, 7) is 2.74. The van der Waals surface area contributed by atoms with Gasteiger partial charge in [-0.25, -0.2) is 4.98 Å². The van der Waals surface area contributed by atoms with Crippen LogP contribution in [-0.2, 0) is 0 Å². The Morgan fingerprint density at radius 1 is 1.35 bits per heavy atom. The number of anilines is 2. The zero-order valence-corrected chi connectivity index (χ0v) is 16.0. The second kappa shape index (κ2) is 7.51. The van der Waals surface area contributed by atoms with Gasteiger partial charge in [-0.2, -0.15) is 12.6 Å². The topological polar surface area (TPSA) is 49.9 Å². The molecule has 2 N–H and O–H groups in total. The monoisotopic (exact) mass is 381 g/mol. The first kappa shape index (κ1) is 17.1. The van der Waals surface area contributed by atoms with Crippen LogP contribution in [0.15, 0.2) is 59.0 Å². The molecule has 0 amide bonds. The summed E-state index contributed by atoms with van der Waals surface area (Å²) in [4.78, 5) is 9.14. The second-order valence-electron chi connectivity index (χ2n) is 5.87. The van der Waals surface area contributed by atoms with E-state index in [0.29, 0.717) is 0 Å². The molecule has 4 rings (SSSR count). The number of nitrogens with zero attached hydrogens (tertiary/aromatic N) is 1. The van der Waals surface area contributed by atoms with Crippen LogP contribution in [0.1, 0.15) is 12.6 Å². The van der Waals surface area contributed by atoms with Gasteiger partial charge in [0.05, 0.1) is 12.1 Å². The van der Waals surface area contributed by atoms with Crippen molar-refractivity contribution in [2.45, 2.75) is 11.8 Å². The fourth-order valence-corrected chi connectivity index (χ4v) is 3.98. The molecule has 0 radical (unpaired) electrons. The average Bonchev–Trinajstić information content (AvgIpc) is 3.11. The number of aromatic amines is 1. The van der Waals surface area contributed by atoms with Crippen molar-refractivity contribution in [2.75, 3.05) is 17.7 Å². The van der Waals surface area contributed by atoms with Crippen LogP contribution >= 0.6 is 24.4 Å². The number of H-pyrrole nitrogens is 1. The van der Waals surface area contributed by atoms with Crippen molar-refractivity contribution in [1.29, 1.82) is 0 Å². The lowest BCUT2D eigenvalue weighted by Crippen LogP contribution is -2.06. The Balaban J connectivity index is 1.69. The molecule has 1 aromatic carbocycles. The van der Waals surface area contributed by atoms with Gasteiger partial charge in [0.1, 0.15) is 11.6 Å². The first-order chi connectivity index (χ1) is 12.8. The highest BCUT2D eigenvalue weighted by Crippen LogP contribution is 2.36. The van der Waals surface area contributed by atoms with Crippen molar-refractivity contribution in [2.24, 2.45) is 0 Å². The van der Waals surface area contributed by atoms with Gasteiger partial charge in [0.2, 0.25) is 0 Å². The molecule has 2 aromatic heterocycles. The van der Waals surface area contributed by atoms with E-state index in [0.717, 1.165) is 51.8 Å². The van der Waals surface area contributed by atoms with Gasteiger partial charge in [-0.1, -0.05) is 12.2 Å². The molecule has 1 aliphatic rings. The number of aromatic nitrogens is 2. The van der Waals surface area contributed by atoms with E-state index in [1.54, 1.807) is 11.6 Å². The summed E-state index contributed by atoms with van der Waals surface area (Å²) in [5.74, 6) is 2.74. The maximum atomic E-state index is 5.76. The van der Waals surface area contributed by atoms with Crippen molar-refractivity contribution < 1.29 is 4.74 Å². The minimum Gasteiger partial charge on any atom is -0.491 e. The van der Waals surface area contributed by atoms with Gasteiger partial charge < -0.3 is 15.0 Å². The van der Waals surface area contributed by atoms with Crippen LogP contribution < -0.4 is 10.1 Å². The maximum Gasteiger partial charge on any atom is 0.139 e. The lowest BCUT2D eigenvalue weighted by Gasteiger charge is -2.17. The van der Waals surface area contributed by atoms with Gasteiger partial charge in [0, 0.05) is 45.3 Å². The standard InChI is InChI=1S/C20H19N3OS2/c1-2-3-13(12-25)17-11-15-16(23-17)6-7-21-20(15)22-14-4-5-19-18(10-14)24-8-9-26-19/h2-7,10-12,23,25H,8-9H2,1H3,(H,21,22)/b3-2-,13-12+. The molecule has 0 bridgehead atoms. The zero-order chi connectivity index (χ0) is 17.9. The third kappa shape index (κ3) is 3.34. The number of allylic oxidation sites excluding steroid dienone is 3. The number of rotatable bonds is 4. The van der Waals surface area contributed by atoms with E-state index in [-0.39, 0.29) is 0 Å². The third-order valence-electron chi connectivity index (χ3n) is 4.15. The first-order valence-corrected chi connectivity index (χ1v) is 9.90. The SMILES string of the molecule is C/C=C\C(=C/S)c1cc2c(Nc3ccc4c(c3)OCCS4)nccc2[nH]1. The molecule has 0 saturated carbocycles. The molecule has 0 unspecified atom stereocenters. The van der Waals surface area contributed by atoms with E-state index >= 15 is 0 Å². The summed E-state index contributed by atoms with van der Waals surface area (Å²) >= 11 is 6.14. The lowest BCUT2D eigenvalue weighted by molar-refractivity contribution is 0.330. The van der Waals surface area contributed by atoms with Gasteiger partial charge in [-0.05, 0) is 36.6 Å². The fourth-order valence-electron chi connectivity index (χ4n) is 2.95. The molecule has 26 heavy (non-hydrogen) atoms. The van der Waals surface area contributed by atoms with Crippen molar-refractivity contribution >= 4 is 52.4 Å². The molecule has 132 valence electrons. The number of ether oxygens (including phenoxy) is 1. The minimum atomic E-state index is 0.750. The van der Waals surface area contributed by atoms with Crippen LogP contribution in [0.4, 0.5) is 11.5 Å². The van der Waals surface area contributed by atoms with Gasteiger partial charge in [-0.15, -0.1) is 11.8 Å². The van der Waals surface area contributed by atoms with Gasteiger partial charge in [0.15, 0.2) is 0 Å². The van der Waals surface area contributed by atoms with Crippen LogP contribution in [0.3, 0.4) is 0 Å². The van der Waals surface area contributed by atoms with Crippen molar-refractivity contribution in [3.05, 3.63) is 59.8 Å². The summed E-state index contributed by atoms with van der Waals surface area (Å²) in [7, 11) is 0. The summed E-state index contributed by atoms with van der Waals surface area (Å²) in [6, 6.07) is 10.3. The predicted octanol–water partition coefficient (Wildman–Crippen LogP) is 5.64. The summed E-state index contributed by atoms with van der Waals surface area (Å²) in [5.41, 5.74) is 4.03. The summed E-state index contributed by atoms with van der Waals surface area (Å²) in [6.07, 6.45) is 5.82. The molecule has 0 saturated heterocycles. The molecule has 0 aliphatic carbocycles. The van der Waals surface area contributed by atoms with E-state index in [1.807, 2.05) is 43.0 Å². The Kier molecular flexibility index (Phi) is 4.95. The third-order valence-corrected chi connectivity index (χ3v) is 5.45. The summed E-state index contributed by atoms with van der Waals surface area (Å²) < 4.78 is 5.76. The van der Waals surface area contributed by atoms with Gasteiger partial charge in [-0.3, -0.25) is 0 Å². The summed E-state index contributed by atoms with van der Waals surface area (Å²) in [5, 5.41) is 6.25. The van der Waals surface area contributed by atoms with Crippen LogP contribution in [0.25, 0.3) is 16.5 Å². The fraction of sp³-hybridized carbons (Fsp3) is 0.150. The molecule has 0 atom stereocenters. The molecular formula is C20H19N3OS2. The number of nitrogens with one attached hydrogen (secondary N) is 2. The van der Waals surface area contributed by atoms with Gasteiger partial charge in [0.25, 0.3) is 0 Å². The van der Waals surface area contributed by atoms with E-state index in [2.05, 4.69) is 46.1 Å². The van der Waals surface area contributed by atoms with Crippen molar-refractivity contribution in [3.63, 3.8) is 0 Å².